The first-order valence-electron chi connectivity index (χ1n) is 7.59. The molecular formula is C15H30O2. The van der Waals surface area contributed by atoms with Gasteiger partial charge in [0.05, 0.1) is 11.7 Å². The third-order valence-electron chi connectivity index (χ3n) is 4.17. The maximum atomic E-state index is 10.5. The zero-order chi connectivity index (χ0) is 12.6. The molecule has 0 aromatic carbocycles. The van der Waals surface area contributed by atoms with E-state index in [9.17, 15) is 10.2 Å². The largest absolute Gasteiger partial charge is 0.390 e. The van der Waals surface area contributed by atoms with Crippen LogP contribution in [0.3, 0.4) is 0 Å². The van der Waals surface area contributed by atoms with Crippen molar-refractivity contribution in [1.29, 1.82) is 0 Å². The zero-order valence-electron chi connectivity index (χ0n) is 11.5. The lowest BCUT2D eigenvalue weighted by Crippen LogP contribution is -2.41. The Kier molecular flexibility index (Phi) is 7.14. The molecule has 102 valence electrons. The van der Waals surface area contributed by atoms with Crippen LogP contribution in [0.2, 0.25) is 0 Å². The molecule has 0 spiro atoms. The lowest BCUT2D eigenvalue weighted by Gasteiger charge is -2.32. The highest BCUT2D eigenvalue weighted by Crippen LogP contribution is 2.31. The van der Waals surface area contributed by atoms with Gasteiger partial charge in [0.25, 0.3) is 0 Å². The summed E-state index contributed by atoms with van der Waals surface area (Å²) in [6.45, 7) is 2.21. The maximum absolute atomic E-state index is 10.5. The van der Waals surface area contributed by atoms with E-state index in [0.29, 0.717) is 0 Å². The quantitative estimate of drug-likeness (QED) is 0.526. The second kappa shape index (κ2) is 8.10. The molecule has 0 heterocycles. The van der Waals surface area contributed by atoms with Gasteiger partial charge in [0, 0.05) is 0 Å². The Bertz CT molecular complexity index is 183. The molecule has 1 saturated carbocycles. The van der Waals surface area contributed by atoms with Gasteiger partial charge in [0.1, 0.15) is 0 Å². The fraction of sp³-hybridized carbons (Fsp3) is 1.00. The molecule has 2 heteroatoms. The highest BCUT2D eigenvalue weighted by atomic mass is 16.3. The Hall–Kier alpha value is -0.0800. The monoisotopic (exact) mass is 242 g/mol. The van der Waals surface area contributed by atoms with Gasteiger partial charge in [-0.3, -0.25) is 0 Å². The van der Waals surface area contributed by atoms with Crippen LogP contribution in [-0.2, 0) is 0 Å². The Morgan fingerprint density at radius 1 is 0.941 bits per heavy atom. The lowest BCUT2D eigenvalue weighted by atomic mass is 9.85. The second-order valence-electron chi connectivity index (χ2n) is 5.74. The van der Waals surface area contributed by atoms with Crippen molar-refractivity contribution in [1.82, 2.24) is 0 Å². The third kappa shape index (κ3) is 5.39. The van der Waals surface area contributed by atoms with Gasteiger partial charge in [-0.1, -0.05) is 64.7 Å². The molecule has 1 fully saturated rings. The normalized spacial score (nSPS) is 22.1. The minimum absolute atomic E-state index is 0.498. The molecule has 1 atom stereocenters. The van der Waals surface area contributed by atoms with Crippen molar-refractivity contribution >= 4 is 0 Å². The van der Waals surface area contributed by atoms with Crippen LogP contribution in [-0.4, -0.2) is 21.9 Å². The van der Waals surface area contributed by atoms with Gasteiger partial charge in [-0.15, -0.1) is 0 Å². The minimum atomic E-state index is -0.777. The SMILES string of the molecule is CCCCCCCC(O)C1(O)CCCCCC1. The van der Waals surface area contributed by atoms with E-state index in [1.165, 1.54) is 38.5 Å². The fourth-order valence-electron chi connectivity index (χ4n) is 2.88. The van der Waals surface area contributed by atoms with E-state index >= 15 is 0 Å². The number of unbranched alkanes of at least 4 members (excludes halogenated alkanes) is 4. The molecular weight excluding hydrogens is 212 g/mol. The molecule has 1 rings (SSSR count). The summed E-state index contributed by atoms with van der Waals surface area (Å²) in [6.07, 6.45) is 12.5. The number of hydrogen-bond acceptors (Lipinski definition) is 2. The molecule has 1 aliphatic carbocycles. The van der Waals surface area contributed by atoms with Crippen molar-refractivity contribution in [2.75, 3.05) is 0 Å². The second-order valence-corrected chi connectivity index (χ2v) is 5.74. The van der Waals surface area contributed by atoms with Gasteiger partial charge >= 0.3 is 0 Å². The minimum Gasteiger partial charge on any atom is -0.390 e. The predicted molar refractivity (Wildman–Crippen MR) is 72.0 cm³/mol. The van der Waals surface area contributed by atoms with Crippen molar-refractivity contribution in [3.63, 3.8) is 0 Å². The van der Waals surface area contributed by atoms with Crippen molar-refractivity contribution in [2.45, 2.75) is 95.7 Å². The zero-order valence-corrected chi connectivity index (χ0v) is 11.5. The molecule has 1 unspecified atom stereocenters. The summed E-state index contributed by atoms with van der Waals surface area (Å²) in [6, 6.07) is 0. The van der Waals surface area contributed by atoms with Gasteiger partial charge < -0.3 is 10.2 Å². The van der Waals surface area contributed by atoms with Crippen molar-refractivity contribution in [3.05, 3.63) is 0 Å². The summed E-state index contributed by atoms with van der Waals surface area (Å²) in [7, 11) is 0. The van der Waals surface area contributed by atoms with E-state index in [4.69, 9.17) is 0 Å². The van der Waals surface area contributed by atoms with E-state index in [1.807, 2.05) is 0 Å². The molecule has 0 amide bonds. The number of aliphatic hydroxyl groups excluding tert-OH is 1. The summed E-state index contributed by atoms with van der Waals surface area (Å²) >= 11 is 0. The molecule has 0 aromatic heterocycles. The first kappa shape index (κ1) is 15.0. The van der Waals surface area contributed by atoms with Gasteiger partial charge in [0.2, 0.25) is 0 Å². The molecule has 2 nitrogen and oxygen atoms in total. The molecule has 17 heavy (non-hydrogen) atoms. The molecule has 0 aliphatic heterocycles. The highest BCUT2D eigenvalue weighted by Gasteiger charge is 2.35. The Morgan fingerprint density at radius 2 is 1.53 bits per heavy atom. The van der Waals surface area contributed by atoms with Gasteiger partial charge in [0.15, 0.2) is 0 Å². The van der Waals surface area contributed by atoms with Gasteiger partial charge in [-0.25, -0.2) is 0 Å². The van der Waals surface area contributed by atoms with E-state index in [0.717, 1.165) is 38.5 Å². The first-order chi connectivity index (χ1) is 8.19. The van der Waals surface area contributed by atoms with Crippen molar-refractivity contribution in [3.8, 4) is 0 Å². The Morgan fingerprint density at radius 3 is 2.12 bits per heavy atom. The van der Waals surface area contributed by atoms with E-state index in [2.05, 4.69) is 6.92 Å². The van der Waals surface area contributed by atoms with Crippen LogP contribution >= 0.6 is 0 Å². The van der Waals surface area contributed by atoms with E-state index < -0.39 is 11.7 Å². The predicted octanol–water partition coefficient (Wildman–Crippen LogP) is 3.79. The Balaban J connectivity index is 2.22. The number of aliphatic hydroxyl groups is 2. The average molecular weight is 242 g/mol. The molecule has 0 bridgehead atoms. The van der Waals surface area contributed by atoms with Crippen LogP contribution in [0.1, 0.15) is 84.0 Å². The van der Waals surface area contributed by atoms with Crippen molar-refractivity contribution < 1.29 is 10.2 Å². The summed E-state index contributed by atoms with van der Waals surface area (Å²) in [4.78, 5) is 0. The Labute approximate surface area is 106 Å². The van der Waals surface area contributed by atoms with Crippen LogP contribution in [0.5, 0.6) is 0 Å². The molecule has 1 aliphatic rings. The summed E-state index contributed by atoms with van der Waals surface area (Å²) in [5.74, 6) is 0. The highest BCUT2D eigenvalue weighted by molar-refractivity contribution is 4.87. The summed E-state index contributed by atoms with van der Waals surface area (Å²) in [5, 5.41) is 20.6. The van der Waals surface area contributed by atoms with Crippen LogP contribution < -0.4 is 0 Å². The van der Waals surface area contributed by atoms with Gasteiger partial charge in [-0.2, -0.15) is 0 Å². The standard InChI is InChI=1S/C15H30O2/c1-2-3-4-5-8-11-14(16)15(17)12-9-6-7-10-13-15/h14,16-17H,2-13H2,1H3. The van der Waals surface area contributed by atoms with E-state index in [1.54, 1.807) is 0 Å². The van der Waals surface area contributed by atoms with Crippen LogP contribution in [0.25, 0.3) is 0 Å². The summed E-state index contributed by atoms with van der Waals surface area (Å²) in [5.41, 5.74) is -0.777. The average Bonchev–Trinajstić information content (AvgIpc) is 2.54. The molecule has 0 aromatic rings. The fourth-order valence-corrected chi connectivity index (χ4v) is 2.88. The molecule has 0 saturated heterocycles. The maximum Gasteiger partial charge on any atom is 0.0905 e. The number of rotatable bonds is 7. The summed E-state index contributed by atoms with van der Waals surface area (Å²) < 4.78 is 0. The topological polar surface area (TPSA) is 40.5 Å². The third-order valence-corrected chi connectivity index (χ3v) is 4.17. The van der Waals surface area contributed by atoms with E-state index in [-0.39, 0.29) is 0 Å². The first-order valence-corrected chi connectivity index (χ1v) is 7.59. The van der Waals surface area contributed by atoms with Crippen LogP contribution in [0.15, 0.2) is 0 Å². The smallest absolute Gasteiger partial charge is 0.0905 e. The van der Waals surface area contributed by atoms with Crippen molar-refractivity contribution in [2.24, 2.45) is 0 Å². The van der Waals surface area contributed by atoms with Crippen LogP contribution in [0.4, 0.5) is 0 Å². The van der Waals surface area contributed by atoms with Crippen LogP contribution in [0, 0.1) is 0 Å². The molecule has 0 radical (unpaired) electrons. The number of hydrogen-bond donors (Lipinski definition) is 2. The van der Waals surface area contributed by atoms with Gasteiger partial charge in [-0.05, 0) is 19.3 Å². The lowest BCUT2D eigenvalue weighted by molar-refractivity contribution is -0.0880. The molecule has 2 N–H and O–H groups in total.